The first kappa shape index (κ1) is 30.8. The molecule has 15 heteroatoms. The van der Waals surface area contributed by atoms with Crippen molar-refractivity contribution in [2.45, 2.75) is 22.7 Å². The van der Waals surface area contributed by atoms with E-state index in [2.05, 4.69) is 5.32 Å². The number of non-ortho nitro benzene ring substituents is 1. The highest BCUT2D eigenvalue weighted by Crippen LogP contribution is 2.54. The Hall–Kier alpha value is -4.17. The second-order valence-corrected chi connectivity index (χ2v) is 13.6. The van der Waals surface area contributed by atoms with E-state index in [1.54, 1.807) is 12.1 Å². The van der Waals surface area contributed by atoms with E-state index in [1.165, 1.54) is 34.9 Å². The summed E-state index contributed by atoms with van der Waals surface area (Å²) in [5.74, 6) is -2.98. The van der Waals surface area contributed by atoms with Crippen LogP contribution in [0.3, 0.4) is 0 Å². The summed E-state index contributed by atoms with van der Waals surface area (Å²) in [5, 5.41) is 14.0. The zero-order chi connectivity index (χ0) is 32.2. The highest BCUT2D eigenvalue weighted by molar-refractivity contribution is 8.00. The van der Waals surface area contributed by atoms with Gasteiger partial charge in [-0.1, -0.05) is 58.4 Å². The standard InChI is InChI=1S/C30H23Cl2N5O6S2/c1-34(2)17-6-3-15(4-7-17)23-24-25(28(40)36(27(24)39)18-8-10-19(11-9-18)37(42)43)44-29-26(23)45-30(41)35(29)14-22(38)33-16-5-12-20(31)21(32)13-16/h3-13,23-25H,14H2,1-2H3,(H,33,38)/t23-,24?,25?/m1/s1. The molecule has 0 radical (unpaired) electrons. The Bertz CT molecular complexity index is 1930. The average molecular weight is 685 g/mol. The molecule has 4 aromatic rings. The van der Waals surface area contributed by atoms with Gasteiger partial charge in [-0.2, -0.15) is 0 Å². The maximum absolute atomic E-state index is 14.0. The van der Waals surface area contributed by atoms with Crippen LogP contribution in [-0.2, 0) is 20.9 Å². The lowest BCUT2D eigenvalue weighted by Crippen LogP contribution is -2.33. The molecule has 0 spiro atoms. The van der Waals surface area contributed by atoms with Crippen molar-refractivity contribution in [3.05, 3.63) is 107 Å². The third-order valence-corrected chi connectivity index (χ3v) is 11.0. The number of aromatic nitrogens is 1. The minimum atomic E-state index is -0.905. The number of fused-ring (bicyclic) bond motifs is 2. The van der Waals surface area contributed by atoms with E-state index < -0.39 is 44.6 Å². The predicted octanol–water partition coefficient (Wildman–Crippen LogP) is 5.63. The summed E-state index contributed by atoms with van der Waals surface area (Å²) < 4.78 is 1.32. The van der Waals surface area contributed by atoms with Gasteiger partial charge in [0.2, 0.25) is 17.7 Å². The molecular weight excluding hydrogens is 661 g/mol. The van der Waals surface area contributed by atoms with Crippen LogP contribution in [0.5, 0.6) is 0 Å². The summed E-state index contributed by atoms with van der Waals surface area (Å²) in [7, 11) is 3.80. The van der Waals surface area contributed by atoms with Crippen LogP contribution in [0.1, 0.15) is 16.4 Å². The maximum Gasteiger partial charge on any atom is 0.308 e. The van der Waals surface area contributed by atoms with Crippen LogP contribution >= 0.6 is 46.3 Å². The highest BCUT2D eigenvalue weighted by Gasteiger charge is 2.56. The van der Waals surface area contributed by atoms with Gasteiger partial charge in [0.15, 0.2) is 0 Å². The van der Waals surface area contributed by atoms with Crippen LogP contribution < -0.4 is 20.0 Å². The molecule has 0 saturated carbocycles. The van der Waals surface area contributed by atoms with Crippen molar-refractivity contribution in [1.29, 1.82) is 0 Å². The van der Waals surface area contributed by atoms with Crippen LogP contribution in [0.4, 0.5) is 22.7 Å². The minimum Gasteiger partial charge on any atom is -0.378 e. The molecular formula is C30H23Cl2N5O6S2. The molecule has 11 nitrogen and oxygen atoms in total. The van der Waals surface area contributed by atoms with Gasteiger partial charge < -0.3 is 10.2 Å². The summed E-state index contributed by atoms with van der Waals surface area (Å²) in [4.78, 5) is 68.2. The van der Waals surface area contributed by atoms with Gasteiger partial charge >= 0.3 is 4.87 Å². The third kappa shape index (κ3) is 5.61. The number of thiazole rings is 1. The molecule has 1 aromatic heterocycles. The molecule has 0 bridgehead atoms. The van der Waals surface area contributed by atoms with E-state index in [0.717, 1.165) is 39.2 Å². The number of carbonyl (C=O) groups excluding carboxylic acids is 3. The molecule has 6 rings (SSSR count). The number of nitro groups is 1. The molecule has 0 aliphatic carbocycles. The third-order valence-electron chi connectivity index (χ3n) is 7.64. The first-order chi connectivity index (χ1) is 21.4. The Kier molecular flexibility index (Phi) is 8.20. The Morgan fingerprint density at radius 3 is 2.29 bits per heavy atom. The second-order valence-electron chi connectivity index (χ2n) is 10.6. The fourth-order valence-corrected chi connectivity index (χ4v) is 8.56. The van der Waals surface area contributed by atoms with Crippen LogP contribution in [0.2, 0.25) is 10.0 Å². The smallest absolute Gasteiger partial charge is 0.308 e. The molecule has 1 saturated heterocycles. The van der Waals surface area contributed by atoms with Crippen molar-refractivity contribution >= 4 is 86.8 Å². The van der Waals surface area contributed by atoms with Gasteiger partial charge in [0.1, 0.15) is 11.8 Å². The van der Waals surface area contributed by atoms with Crippen LogP contribution in [-0.4, -0.2) is 46.6 Å². The monoisotopic (exact) mass is 683 g/mol. The maximum atomic E-state index is 14.0. The number of anilines is 3. The minimum absolute atomic E-state index is 0.172. The number of carbonyl (C=O) groups is 3. The van der Waals surface area contributed by atoms with E-state index in [9.17, 15) is 29.3 Å². The number of hydrogen-bond acceptors (Lipinski definition) is 9. The second kappa shape index (κ2) is 12.0. The van der Waals surface area contributed by atoms with Crippen LogP contribution in [0.25, 0.3) is 0 Å². The lowest BCUT2D eigenvalue weighted by molar-refractivity contribution is -0.384. The van der Waals surface area contributed by atoms with Crippen molar-refractivity contribution in [1.82, 2.24) is 4.57 Å². The topological polar surface area (TPSA) is 135 Å². The number of nitrogens with one attached hydrogen (secondary N) is 1. The SMILES string of the molecule is CN(C)c1ccc([C@H]2c3sc(=O)n(CC(=O)Nc4ccc(Cl)c(Cl)c4)c3SC3C(=O)N(c4ccc([N+](=O)[O-])cc4)C(=O)C32)cc1. The Labute approximate surface area is 274 Å². The molecule has 230 valence electrons. The molecule has 3 aromatic carbocycles. The van der Waals surface area contributed by atoms with Gasteiger partial charge in [-0.25, -0.2) is 4.90 Å². The van der Waals surface area contributed by atoms with E-state index >= 15 is 0 Å². The Balaban J connectivity index is 1.40. The van der Waals surface area contributed by atoms with Gasteiger partial charge in [0, 0.05) is 48.4 Å². The number of nitrogens with zero attached hydrogens (tertiary/aromatic N) is 4. The molecule has 2 aliphatic rings. The number of thioether (sulfide) groups is 1. The molecule has 3 amide bonds. The van der Waals surface area contributed by atoms with Crippen molar-refractivity contribution in [3.8, 4) is 0 Å². The normalized spacial score (nSPS) is 18.8. The predicted molar refractivity (Wildman–Crippen MR) is 175 cm³/mol. The first-order valence-electron chi connectivity index (χ1n) is 13.5. The fourth-order valence-electron chi connectivity index (χ4n) is 5.49. The number of rotatable bonds is 7. The number of halogens is 2. The number of hydrogen-bond donors (Lipinski definition) is 1. The van der Waals surface area contributed by atoms with E-state index in [0.29, 0.717) is 20.6 Å². The molecule has 2 unspecified atom stereocenters. The van der Waals surface area contributed by atoms with Gasteiger partial charge in [-0.05, 0) is 48.0 Å². The average Bonchev–Trinajstić information content (AvgIpc) is 3.45. The Morgan fingerprint density at radius 2 is 1.67 bits per heavy atom. The number of imide groups is 1. The van der Waals surface area contributed by atoms with Crippen molar-refractivity contribution in [2.24, 2.45) is 5.92 Å². The number of nitro benzene ring substituents is 1. The quantitative estimate of drug-likeness (QED) is 0.151. The zero-order valence-corrected chi connectivity index (χ0v) is 26.7. The lowest BCUT2D eigenvalue weighted by atomic mass is 9.83. The zero-order valence-electron chi connectivity index (χ0n) is 23.6. The van der Waals surface area contributed by atoms with Crippen molar-refractivity contribution < 1.29 is 19.3 Å². The van der Waals surface area contributed by atoms with Gasteiger partial charge in [-0.15, -0.1) is 0 Å². The number of benzene rings is 3. The largest absolute Gasteiger partial charge is 0.378 e. The molecule has 1 N–H and O–H groups in total. The molecule has 2 aliphatic heterocycles. The van der Waals surface area contributed by atoms with Crippen molar-refractivity contribution in [2.75, 3.05) is 29.2 Å². The Morgan fingerprint density at radius 1 is 0.978 bits per heavy atom. The van der Waals surface area contributed by atoms with E-state index in [-0.39, 0.29) is 22.9 Å². The van der Waals surface area contributed by atoms with Gasteiger partial charge in [0.05, 0.1) is 31.6 Å². The molecule has 3 atom stereocenters. The molecule has 3 heterocycles. The summed E-state index contributed by atoms with van der Waals surface area (Å²) in [5.41, 5.74) is 2.10. The van der Waals surface area contributed by atoms with Crippen LogP contribution in [0.15, 0.2) is 76.6 Å². The summed E-state index contributed by atoms with van der Waals surface area (Å²) in [6, 6.07) is 17.4. The first-order valence-corrected chi connectivity index (χ1v) is 15.9. The van der Waals surface area contributed by atoms with Gasteiger partial charge in [0.25, 0.3) is 5.69 Å². The summed E-state index contributed by atoms with van der Waals surface area (Å²) in [6.07, 6.45) is 0. The van der Waals surface area contributed by atoms with Gasteiger partial charge in [-0.3, -0.25) is 33.9 Å². The van der Waals surface area contributed by atoms with E-state index in [1.807, 2.05) is 43.3 Å². The van der Waals surface area contributed by atoms with E-state index in [4.69, 9.17) is 23.2 Å². The fraction of sp³-hybridized carbons (Fsp3) is 0.200. The lowest BCUT2D eigenvalue weighted by Gasteiger charge is -2.31. The highest BCUT2D eigenvalue weighted by atomic mass is 35.5. The molecule has 45 heavy (non-hydrogen) atoms. The molecule has 1 fully saturated rings. The summed E-state index contributed by atoms with van der Waals surface area (Å²) in [6.45, 7) is -0.338. The summed E-state index contributed by atoms with van der Waals surface area (Å²) >= 11 is 14.1. The van der Waals surface area contributed by atoms with Crippen molar-refractivity contribution in [3.63, 3.8) is 0 Å². The van der Waals surface area contributed by atoms with Crippen LogP contribution in [0, 0.1) is 16.0 Å². The number of amides is 3.